The van der Waals surface area contributed by atoms with Crippen LogP contribution in [0, 0.1) is 0 Å². The molecule has 3 nitrogen and oxygen atoms in total. The lowest BCUT2D eigenvalue weighted by Crippen LogP contribution is -2.16. The zero-order valence-corrected chi connectivity index (χ0v) is 5.89. The van der Waals surface area contributed by atoms with Gasteiger partial charge in [-0.25, -0.2) is 4.79 Å². The minimum Gasteiger partial charge on any atom is -0.418 e. The molecular weight excluding hydrogens is 118 g/mol. The van der Waals surface area contributed by atoms with Gasteiger partial charge in [-0.2, -0.15) is 0 Å². The Hall–Kier alpha value is -0.990. The molecule has 0 saturated carbocycles. The summed E-state index contributed by atoms with van der Waals surface area (Å²) in [6.07, 6.45) is 0.968. The molecule has 3 heteroatoms. The van der Waals surface area contributed by atoms with Gasteiger partial charge in [-0.3, -0.25) is 0 Å². The van der Waals surface area contributed by atoms with Crippen molar-refractivity contribution in [2.24, 2.45) is 0 Å². The van der Waals surface area contributed by atoms with Crippen molar-refractivity contribution >= 4 is 6.09 Å². The Kier molecular flexibility index (Phi) is 3.51. The van der Waals surface area contributed by atoms with Gasteiger partial charge in [-0.05, 0) is 19.4 Å². The fourth-order valence-electron chi connectivity index (χ4n) is 0.230. The molecule has 0 radical (unpaired) electrons. The van der Waals surface area contributed by atoms with Crippen LogP contribution in [-0.4, -0.2) is 13.1 Å². The fraction of sp³-hybridized carbons (Fsp3) is 0.500. The van der Waals surface area contributed by atoms with Gasteiger partial charge in [0.1, 0.15) is 0 Å². The van der Waals surface area contributed by atoms with Crippen LogP contribution in [0.25, 0.3) is 0 Å². The highest BCUT2D eigenvalue weighted by Crippen LogP contribution is 1.88. The van der Waals surface area contributed by atoms with Crippen molar-refractivity contribution in [2.75, 3.05) is 7.05 Å². The second-order valence-electron chi connectivity index (χ2n) is 1.85. The summed E-state index contributed by atoms with van der Waals surface area (Å²) in [5.41, 5.74) is 0.957. The Bertz CT molecular complexity index is 125. The Morgan fingerprint density at radius 1 is 1.56 bits per heavy atom. The van der Waals surface area contributed by atoms with Crippen molar-refractivity contribution in [3.8, 4) is 0 Å². The second kappa shape index (κ2) is 3.95. The zero-order valence-electron chi connectivity index (χ0n) is 5.89. The molecule has 0 unspecified atom stereocenters. The number of hydrogen-bond acceptors (Lipinski definition) is 2. The first-order valence-electron chi connectivity index (χ1n) is 2.68. The quantitative estimate of drug-likeness (QED) is 0.541. The van der Waals surface area contributed by atoms with E-state index in [1.165, 1.54) is 13.3 Å². The molecule has 52 valence electrons. The summed E-state index contributed by atoms with van der Waals surface area (Å²) in [7, 11) is 1.52. The molecule has 0 aliphatic rings. The average Bonchev–Trinajstić information content (AvgIpc) is 1.83. The van der Waals surface area contributed by atoms with Crippen molar-refractivity contribution in [1.82, 2.24) is 5.32 Å². The minimum atomic E-state index is -0.434. The van der Waals surface area contributed by atoms with Gasteiger partial charge in [0, 0.05) is 7.05 Å². The molecule has 1 amide bonds. The molecule has 0 saturated heterocycles. The smallest absolute Gasteiger partial charge is 0.411 e. The van der Waals surface area contributed by atoms with Crippen LogP contribution >= 0.6 is 0 Å². The molecule has 0 fully saturated rings. The van der Waals surface area contributed by atoms with Gasteiger partial charge >= 0.3 is 6.09 Å². The Morgan fingerprint density at radius 2 is 2.11 bits per heavy atom. The molecule has 0 spiro atoms. The van der Waals surface area contributed by atoms with E-state index in [4.69, 9.17) is 0 Å². The number of nitrogens with one attached hydrogen (secondary N) is 1. The highest BCUT2D eigenvalue weighted by molar-refractivity contribution is 5.67. The standard InChI is InChI=1S/C6H11NO2/c1-5(2)4-9-6(8)7-3/h4H,1-3H3,(H,7,8). The maximum absolute atomic E-state index is 10.3. The first-order chi connectivity index (χ1) is 4.16. The van der Waals surface area contributed by atoms with Gasteiger partial charge in [-0.15, -0.1) is 0 Å². The van der Waals surface area contributed by atoms with E-state index in [2.05, 4.69) is 10.1 Å². The van der Waals surface area contributed by atoms with Crippen LogP contribution < -0.4 is 5.32 Å². The monoisotopic (exact) mass is 129 g/mol. The summed E-state index contributed by atoms with van der Waals surface area (Å²) in [5, 5.41) is 2.31. The van der Waals surface area contributed by atoms with Crippen LogP contribution in [0.3, 0.4) is 0 Å². The number of hydrogen-bond donors (Lipinski definition) is 1. The summed E-state index contributed by atoms with van der Waals surface area (Å²) in [4.78, 5) is 10.3. The number of rotatable bonds is 1. The molecule has 0 aromatic carbocycles. The molecular formula is C6H11NO2. The molecule has 9 heavy (non-hydrogen) atoms. The highest BCUT2D eigenvalue weighted by Gasteiger charge is 1.90. The third kappa shape index (κ3) is 4.87. The largest absolute Gasteiger partial charge is 0.418 e. The topological polar surface area (TPSA) is 38.3 Å². The maximum atomic E-state index is 10.3. The van der Waals surface area contributed by atoms with Crippen LogP contribution in [0.1, 0.15) is 13.8 Å². The van der Waals surface area contributed by atoms with E-state index in [1.54, 1.807) is 0 Å². The predicted octanol–water partition coefficient (Wildman–Crippen LogP) is 1.27. The van der Waals surface area contributed by atoms with Crippen molar-refractivity contribution in [3.63, 3.8) is 0 Å². The lowest BCUT2D eigenvalue weighted by atomic mass is 10.4. The SMILES string of the molecule is CNC(=O)OC=C(C)C. The van der Waals surface area contributed by atoms with E-state index < -0.39 is 6.09 Å². The molecule has 0 bridgehead atoms. The minimum absolute atomic E-state index is 0.434. The predicted molar refractivity (Wildman–Crippen MR) is 35.0 cm³/mol. The van der Waals surface area contributed by atoms with E-state index in [0.29, 0.717) is 0 Å². The van der Waals surface area contributed by atoms with Crippen LogP contribution in [-0.2, 0) is 4.74 Å². The molecule has 0 heterocycles. The van der Waals surface area contributed by atoms with Crippen molar-refractivity contribution in [2.45, 2.75) is 13.8 Å². The lowest BCUT2D eigenvalue weighted by molar-refractivity contribution is 0.187. The number of ether oxygens (including phenoxy) is 1. The number of carbonyl (C=O) groups is 1. The molecule has 0 aromatic heterocycles. The van der Waals surface area contributed by atoms with E-state index in [0.717, 1.165) is 5.57 Å². The number of amides is 1. The Balaban J connectivity index is 3.50. The average molecular weight is 129 g/mol. The molecule has 0 aliphatic heterocycles. The molecule has 0 aromatic rings. The van der Waals surface area contributed by atoms with Crippen LogP contribution in [0.2, 0.25) is 0 Å². The normalized spacial score (nSPS) is 7.89. The van der Waals surface area contributed by atoms with Crippen molar-refractivity contribution in [1.29, 1.82) is 0 Å². The fourth-order valence-corrected chi connectivity index (χ4v) is 0.230. The van der Waals surface area contributed by atoms with Crippen LogP contribution in [0.15, 0.2) is 11.8 Å². The Morgan fingerprint density at radius 3 is 2.44 bits per heavy atom. The number of allylic oxidation sites excluding steroid dienone is 1. The summed E-state index contributed by atoms with van der Waals surface area (Å²) >= 11 is 0. The van der Waals surface area contributed by atoms with Crippen molar-refractivity contribution in [3.05, 3.63) is 11.8 Å². The summed E-state index contributed by atoms with van der Waals surface area (Å²) in [6, 6.07) is 0. The lowest BCUT2D eigenvalue weighted by Gasteiger charge is -1.95. The van der Waals surface area contributed by atoms with E-state index in [9.17, 15) is 4.79 Å². The zero-order chi connectivity index (χ0) is 7.28. The van der Waals surface area contributed by atoms with Gasteiger partial charge in [0.2, 0.25) is 0 Å². The van der Waals surface area contributed by atoms with Crippen molar-refractivity contribution < 1.29 is 9.53 Å². The van der Waals surface area contributed by atoms with Gasteiger partial charge < -0.3 is 10.1 Å². The molecule has 0 rings (SSSR count). The molecule has 0 atom stereocenters. The maximum Gasteiger partial charge on any atom is 0.411 e. The van der Waals surface area contributed by atoms with Crippen LogP contribution in [0.4, 0.5) is 4.79 Å². The van der Waals surface area contributed by atoms with Gasteiger partial charge in [-0.1, -0.05) is 0 Å². The van der Waals surface area contributed by atoms with E-state index in [1.807, 2.05) is 13.8 Å². The summed E-state index contributed by atoms with van der Waals surface area (Å²) < 4.78 is 4.54. The number of carbonyl (C=O) groups excluding carboxylic acids is 1. The summed E-state index contributed by atoms with van der Waals surface area (Å²) in [6.45, 7) is 3.70. The third-order valence-electron chi connectivity index (χ3n) is 0.606. The first-order valence-corrected chi connectivity index (χ1v) is 2.68. The van der Waals surface area contributed by atoms with Gasteiger partial charge in [0.25, 0.3) is 0 Å². The third-order valence-corrected chi connectivity index (χ3v) is 0.606. The van der Waals surface area contributed by atoms with Crippen LogP contribution in [0.5, 0.6) is 0 Å². The van der Waals surface area contributed by atoms with Gasteiger partial charge in [0.15, 0.2) is 0 Å². The Labute approximate surface area is 54.7 Å². The number of alkyl carbamates (subject to hydrolysis) is 1. The van der Waals surface area contributed by atoms with E-state index in [-0.39, 0.29) is 0 Å². The van der Waals surface area contributed by atoms with E-state index >= 15 is 0 Å². The molecule has 1 N–H and O–H groups in total. The highest BCUT2D eigenvalue weighted by atomic mass is 16.5. The first kappa shape index (κ1) is 8.01. The second-order valence-corrected chi connectivity index (χ2v) is 1.85. The van der Waals surface area contributed by atoms with Gasteiger partial charge in [0.05, 0.1) is 6.26 Å². The molecule has 0 aliphatic carbocycles. The summed E-state index contributed by atoms with van der Waals surface area (Å²) in [5.74, 6) is 0.